The number of carboxylic acids is 1. The molecule has 114 valence electrons. The molecule has 6 heteroatoms. The number of nitrogens with zero attached hydrogens (tertiary/aromatic N) is 1. The zero-order valence-corrected chi connectivity index (χ0v) is 13.7. The molecule has 0 aromatic heterocycles. The van der Waals surface area contributed by atoms with E-state index in [0.29, 0.717) is 31.5 Å². The first-order valence-electron chi connectivity index (χ1n) is 6.99. The number of halogens is 1. The van der Waals surface area contributed by atoms with Gasteiger partial charge in [0.05, 0.1) is 0 Å². The number of hydrogen-bond donors (Lipinski definition) is 2. The van der Waals surface area contributed by atoms with Gasteiger partial charge in [-0.1, -0.05) is 28.9 Å². The Hall–Kier alpha value is -1.56. The Kier molecular flexibility index (Phi) is 4.56. The first kappa shape index (κ1) is 15.8. The average molecular weight is 355 g/mol. The van der Waals surface area contributed by atoms with Crippen LogP contribution in [0.5, 0.6) is 0 Å². The van der Waals surface area contributed by atoms with Gasteiger partial charge in [-0.2, -0.15) is 0 Å². The Bertz CT molecular complexity index is 576. The Balaban J connectivity index is 2.24. The van der Waals surface area contributed by atoms with E-state index in [1.54, 1.807) is 0 Å². The van der Waals surface area contributed by atoms with Crippen LogP contribution in [-0.4, -0.2) is 34.1 Å². The number of rotatable bonds is 3. The molecule has 21 heavy (non-hydrogen) atoms. The molecule has 1 saturated heterocycles. The largest absolute Gasteiger partial charge is 0.479 e. The minimum absolute atomic E-state index is 0.349. The highest BCUT2D eigenvalue weighted by atomic mass is 79.9. The fourth-order valence-corrected chi connectivity index (χ4v) is 3.21. The highest BCUT2D eigenvalue weighted by Crippen LogP contribution is 2.34. The Morgan fingerprint density at radius 2 is 2.19 bits per heavy atom. The van der Waals surface area contributed by atoms with Crippen LogP contribution in [-0.2, 0) is 4.79 Å². The maximum atomic E-state index is 12.5. The molecule has 1 aliphatic heterocycles. The molecule has 1 unspecified atom stereocenters. The predicted molar refractivity (Wildman–Crippen MR) is 84.5 cm³/mol. The van der Waals surface area contributed by atoms with Crippen molar-refractivity contribution in [3.63, 3.8) is 0 Å². The summed E-state index contributed by atoms with van der Waals surface area (Å²) in [5.41, 5.74) is 0.531. The fraction of sp³-hybridized carbons (Fsp3) is 0.467. The molecule has 1 aromatic rings. The lowest BCUT2D eigenvalue weighted by Gasteiger charge is -2.34. The van der Waals surface area contributed by atoms with Crippen molar-refractivity contribution in [1.82, 2.24) is 4.90 Å². The van der Waals surface area contributed by atoms with Crippen molar-refractivity contribution in [3.05, 3.63) is 28.2 Å². The number of benzene rings is 1. The molecule has 1 atom stereocenters. The van der Waals surface area contributed by atoms with Crippen LogP contribution in [0.25, 0.3) is 0 Å². The monoisotopic (exact) mass is 354 g/mol. The number of carboxylic acid groups (broad SMARTS) is 1. The van der Waals surface area contributed by atoms with Gasteiger partial charge in [0.15, 0.2) is 0 Å². The van der Waals surface area contributed by atoms with Gasteiger partial charge < -0.3 is 15.3 Å². The molecule has 2 rings (SSSR count). The highest BCUT2D eigenvalue weighted by Gasteiger charge is 2.48. The van der Waals surface area contributed by atoms with Gasteiger partial charge in [-0.25, -0.2) is 9.59 Å². The minimum atomic E-state index is -1.08. The van der Waals surface area contributed by atoms with E-state index in [4.69, 9.17) is 0 Å². The van der Waals surface area contributed by atoms with Gasteiger partial charge in [0, 0.05) is 16.7 Å². The number of aliphatic carboxylic acids is 1. The van der Waals surface area contributed by atoms with Gasteiger partial charge in [0.1, 0.15) is 5.54 Å². The van der Waals surface area contributed by atoms with Crippen LogP contribution in [0.3, 0.4) is 0 Å². The number of carbonyl (C=O) groups excluding carboxylic acids is 1. The van der Waals surface area contributed by atoms with Crippen LogP contribution >= 0.6 is 15.9 Å². The van der Waals surface area contributed by atoms with Gasteiger partial charge in [-0.3, -0.25) is 0 Å². The Morgan fingerprint density at radius 1 is 1.48 bits per heavy atom. The summed E-state index contributed by atoms with van der Waals surface area (Å²) < 4.78 is 0.904. The summed E-state index contributed by atoms with van der Waals surface area (Å²) in [6.45, 7) is 4.18. The van der Waals surface area contributed by atoms with E-state index in [9.17, 15) is 14.7 Å². The summed E-state index contributed by atoms with van der Waals surface area (Å²) in [6, 6.07) is 5.19. The van der Waals surface area contributed by atoms with E-state index in [0.717, 1.165) is 10.0 Å². The molecular formula is C15H19BrN2O3. The third-order valence-electron chi connectivity index (χ3n) is 4.23. The van der Waals surface area contributed by atoms with Crippen LogP contribution < -0.4 is 5.32 Å². The second-order valence-corrected chi connectivity index (χ2v) is 6.14. The van der Waals surface area contributed by atoms with Crippen molar-refractivity contribution in [3.8, 4) is 0 Å². The highest BCUT2D eigenvalue weighted by molar-refractivity contribution is 9.10. The van der Waals surface area contributed by atoms with Gasteiger partial charge in [0.25, 0.3) is 0 Å². The van der Waals surface area contributed by atoms with Crippen LogP contribution in [0, 0.1) is 6.92 Å². The van der Waals surface area contributed by atoms with Gasteiger partial charge >= 0.3 is 12.0 Å². The Morgan fingerprint density at radius 3 is 2.81 bits per heavy atom. The maximum Gasteiger partial charge on any atom is 0.329 e. The number of nitrogens with one attached hydrogen (secondary N) is 1. The van der Waals surface area contributed by atoms with E-state index >= 15 is 0 Å². The van der Waals surface area contributed by atoms with Crippen molar-refractivity contribution in [1.29, 1.82) is 0 Å². The number of carbonyl (C=O) groups is 2. The first-order valence-corrected chi connectivity index (χ1v) is 7.79. The number of likely N-dealkylation sites (tertiary alicyclic amines) is 1. The second-order valence-electron chi connectivity index (χ2n) is 5.29. The lowest BCUT2D eigenvalue weighted by Crippen LogP contribution is -2.54. The minimum Gasteiger partial charge on any atom is -0.479 e. The third kappa shape index (κ3) is 2.77. The first-order chi connectivity index (χ1) is 9.92. The van der Waals surface area contributed by atoms with Gasteiger partial charge in [-0.15, -0.1) is 0 Å². The second kappa shape index (κ2) is 6.05. The fourth-order valence-electron chi connectivity index (χ4n) is 2.84. The number of anilines is 1. The van der Waals surface area contributed by atoms with Gasteiger partial charge in [0.2, 0.25) is 0 Å². The Labute approximate surface area is 132 Å². The molecule has 2 N–H and O–H groups in total. The van der Waals surface area contributed by atoms with Crippen LogP contribution in [0.4, 0.5) is 10.5 Å². The summed E-state index contributed by atoms with van der Waals surface area (Å²) in [4.78, 5) is 25.6. The summed E-state index contributed by atoms with van der Waals surface area (Å²) >= 11 is 3.42. The smallest absolute Gasteiger partial charge is 0.329 e. The van der Waals surface area contributed by atoms with Gasteiger partial charge in [-0.05, 0) is 43.9 Å². The zero-order chi connectivity index (χ0) is 15.6. The van der Waals surface area contributed by atoms with E-state index < -0.39 is 11.5 Å². The van der Waals surface area contributed by atoms with E-state index in [2.05, 4.69) is 21.2 Å². The third-order valence-corrected chi connectivity index (χ3v) is 5.09. The van der Waals surface area contributed by atoms with Crippen molar-refractivity contribution < 1.29 is 14.7 Å². The molecule has 0 spiro atoms. The topological polar surface area (TPSA) is 69.6 Å². The normalized spacial score (nSPS) is 21.4. The summed E-state index contributed by atoms with van der Waals surface area (Å²) in [6.07, 6.45) is 1.63. The number of urea groups is 1. The zero-order valence-electron chi connectivity index (χ0n) is 12.1. The van der Waals surface area contributed by atoms with E-state index in [-0.39, 0.29) is 6.03 Å². The van der Waals surface area contributed by atoms with Crippen molar-refractivity contribution in [2.45, 2.75) is 38.6 Å². The molecule has 2 amide bonds. The molecule has 0 aliphatic carbocycles. The average Bonchev–Trinajstić information content (AvgIpc) is 2.89. The molecule has 1 heterocycles. The lowest BCUT2D eigenvalue weighted by molar-refractivity contribution is -0.148. The molecular weight excluding hydrogens is 336 g/mol. The number of amides is 2. The molecule has 0 radical (unpaired) electrons. The molecule has 0 saturated carbocycles. The molecule has 0 bridgehead atoms. The SMILES string of the molecule is CCC1(C(=O)O)CCCN1C(=O)Nc1cccc(Br)c1C. The molecule has 1 fully saturated rings. The quantitative estimate of drug-likeness (QED) is 0.870. The van der Waals surface area contributed by atoms with Crippen LogP contribution in [0.1, 0.15) is 31.7 Å². The molecule has 5 nitrogen and oxygen atoms in total. The maximum absolute atomic E-state index is 12.5. The summed E-state index contributed by atoms with van der Waals surface area (Å²) in [7, 11) is 0. The lowest BCUT2D eigenvalue weighted by atomic mass is 9.93. The summed E-state index contributed by atoms with van der Waals surface area (Å²) in [5.74, 6) is -0.927. The van der Waals surface area contributed by atoms with Crippen molar-refractivity contribution >= 4 is 33.6 Å². The number of hydrogen-bond acceptors (Lipinski definition) is 2. The standard InChI is InChI=1S/C15H19BrN2O3/c1-3-15(13(19)20)8-5-9-18(15)14(21)17-12-7-4-6-11(16)10(12)2/h4,6-7H,3,5,8-9H2,1-2H3,(H,17,21)(H,19,20). The molecule has 1 aliphatic rings. The van der Waals surface area contributed by atoms with Crippen molar-refractivity contribution in [2.75, 3.05) is 11.9 Å². The summed E-state index contributed by atoms with van der Waals surface area (Å²) in [5, 5.41) is 12.3. The van der Waals surface area contributed by atoms with Crippen molar-refractivity contribution in [2.24, 2.45) is 0 Å². The predicted octanol–water partition coefficient (Wildman–Crippen LogP) is 3.62. The van der Waals surface area contributed by atoms with Crippen LogP contribution in [0.2, 0.25) is 0 Å². The van der Waals surface area contributed by atoms with E-state index in [1.807, 2.05) is 32.0 Å². The van der Waals surface area contributed by atoms with E-state index in [1.165, 1.54) is 4.90 Å². The van der Waals surface area contributed by atoms with Crippen LogP contribution in [0.15, 0.2) is 22.7 Å². The molecule has 1 aromatic carbocycles.